The first-order chi connectivity index (χ1) is 10.5. The minimum atomic E-state index is -0.623. The van der Waals surface area contributed by atoms with E-state index in [-0.39, 0.29) is 12.2 Å². The standard InChI is InChI=1S/C17H22N2O3/c1-12(2)18-10-14(20)11-22-15-8-16(19-17(21)9-15)13-6-4-3-5-7-13/h3-9,12,14,18,20H,10-11H2,1-2H3,(H,19,21). The van der Waals surface area contributed by atoms with Gasteiger partial charge < -0.3 is 20.1 Å². The van der Waals surface area contributed by atoms with Crippen LogP contribution in [0, 0.1) is 0 Å². The summed E-state index contributed by atoms with van der Waals surface area (Å²) in [6.07, 6.45) is -0.623. The number of nitrogens with one attached hydrogen (secondary N) is 2. The van der Waals surface area contributed by atoms with Crippen molar-refractivity contribution in [3.63, 3.8) is 0 Å². The average Bonchev–Trinajstić information content (AvgIpc) is 2.51. The quantitative estimate of drug-likeness (QED) is 0.729. The second-order valence-electron chi connectivity index (χ2n) is 5.49. The Kier molecular flexibility index (Phi) is 5.75. The lowest BCUT2D eigenvalue weighted by atomic mass is 10.1. The Morgan fingerprint density at radius 3 is 2.64 bits per heavy atom. The fourth-order valence-electron chi connectivity index (χ4n) is 2.00. The summed E-state index contributed by atoms with van der Waals surface area (Å²) in [6.45, 7) is 4.61. The van der Waals surface area contributed by atoms with E-state index in [2.05, 4.69) is 10.3 Å². The van der Waals surface area contributed by atoms with Crippen LogP contribution in [-0.4, -0.2) is 35.4 Å². The number of pyridine rings is 1. The van der Waals surface area contributed by atoms with Gasteiger partial charge in [-0.2, -0.15) is 0 Å². The Morgan fingerprint density at radius 2 is 1.95 bits per heavy atom. The van der Waals surface area contributed by atoms with Crippen LogP contribution in [0.3, 0.4) is 0 Å². The maximum absolute atomic E-state index is 11.7. The molecule has 118 valence electrons. The van der Waals surface area contributed by atoms with Crippen LogP contribution in [0.15, 0.2) is 47.3 Å². The minimum Gasteiger partial charge on any atom is -0.491 e. The number of benzene rings is 1. The monoisotopic (exact) mass is 302 g/mol. The van der Waals surface area contributed by atoms with E-state index in [9.17, 15) is 9.90 Å². The van der Waals surface area contributed by atoms with Crippen molar-refractivity contribution < 1.29 is 9.84 Å². The van der Waals surface area contributed by atoms with Crippen molar-refractivity contribution in [1.29, 1.82) is 0 Å². The van der Waals surface area contributed by atoms with Crippen LogP contribution in [0.2, 0.25) is 0 Å². The van der Waals surface area contributed by atoms with E-state index < -0.39 is 6.10 Å². The van der Waals surface area contributed by atoms with Crippen LogP contribution in [0.4, 0.5) is 0 Å². The lowest BCUT2D eigenvalue weighted by Crippen LogP contribution is -2.35. The van der Waals surface area contributed by atoms with Crippen molar-refractivity contribution in [2.45, 2.75) is 26.0 Å². The van der Waals surface area contributed by atoms with Crippen LogP contribution < -0.4 is 15.6 Å². The fourth-order valence-corrected chi connectivity index (χ4v) is 2.00. The molecule has 0 aliphatic heterocycles. The van der Waals surface area contributed by atoms with Gasteiger partial charge in [-0.1, -0.05) is 44.2 Å². The van der Waals surface area contributed by atoms with Crippen molar-refractivity contribution in [3.05, 3.63) is 52.8 Å². The Bertz CT molecular complexity index is 638. The van der Waals surface area contributed by atoms with E-state index in [4.69, 9.17) is 4.74 Å². The summed E-state index contributed by atoms with van der Waals surface area (Å²) in [6, 6.07) is 13.0. The average molecular weight is 302 g/mol. The summed E-state index contributed by atoms with van der Waals surface area (Å²) in [5, 5.41) is 13.0. The zero-order chi connectivity index (χ0) is 15.9. The van der Waals surface area contributed by atoms with Crippen LogP contribution in [-0.2, 0) is 0 Å². The molecule has 0 amide bonds. The van der Waals surface area contributed by atoms with Crippen molar-refractivity contribution in [3.8, 4) is 17.0 Å². The molecule has 2 rings (SSSR count). The second kappa shape index (κ2) is 7.77. The van der Waals surface area contributed by atoms with Crippen molar-refractivity contribution in [2.24, 2.45) is 0 Å². The van der Waals surface area contributed by atoms with Crippen LogP contribution in [0.1, 0.15) is 13.8 Å². The highest BCUT2D eigenvalue weighted by atomic mass is 16.5. The van der Waals surface area contributed by atoms with E-state index in [1.54, 1.807) is 6.07 Å². The topological polar surface area (TPSA) is 74.3 Å². The van der Waals surface area contributed by atoms with Gasteiger partial charge >= 0.3 is 0 Å². The van der Waals surface area contributed by atoms with Gasteiger partial charge in [-0.05, 0) is 5.56 Å². The molecule has 1 heterocycles. The first-order valence-electron chi connectivity index (χ1n) is 7.38. The normalized spacial score (nSPS) is 12.4. The molecular weight excluding hydrogens is 280 g/mol. The molecule has 0 saturated carbocycles. The summed E-state index contributed by atoms with van der Waals surface area (Å²) < 4.78 is 5.53. The molecule has 0 saturated heterocycles. The molecule has 0 aliphatic carbocycles. The number of aromatic nitrogens is 1. The number of aromatic amines is 1. The van der Waals surface area contributed by atoms with Crippen LogP contribution in [0.25, 0.3) is 11.3 Å². The highest BCUT2D eigenvalue weighted by Gasteiger charge is 2.08. The predicted molar refractivity (Wildman–Crippen MR) is 87.1 cm³/mol. The molecule has 2 aromatic rings. The van der Waals surface area contributed by atoms with Gasteiger partial charge in [-0.3, -0.25) is 4.79 Å². The number of rotatable bonds is 7. The molecule has 1 atom stereocenters. The molecule has 0 fully saturated rings. The minimum absolute atomic E-state index is 0.136. The number of ether oxygens (including phenoxy) is 1. The second-order valence-corrected chi connectivity index (χ2v) is 5.49. The lowest BCUT2D eigenvalue weighted by molar-refractivity contribution is 0.104. The van der Waals surface area contributed by atoms with Gasteiger partial charge in [0.25, 0.3) is 5.56 Å². The first-order valence-corrected chi connectivity index (χ1v) is 7.38. The van der Waals surface area contributed by atoms with E-state index in [0.717, 1.165) is 5.56 Å². The van der Waals surface area contributed by atoms with Crippen molar-refractivity contribution >= 4 is 0 Å². The number of hydrogen-bond donors (Lipinski definition) is 3. The van der Waals surface area contributed by atoms with Gasteiger partial charge in [0.15, 0.2) is 0 Å². The third kappa shape index (κ3) is 5.02. The summed E-state index contributed by atoms with van der Waals surface area (Å²) in [4.78, 5) is 14.5. The van der Waals surface area contributed by atoms with E-state index in [1.165, 1.54) is 6.07 Å². The Balaban J connectivity index is 2.03. The van der Waals surface area contributed by atoms with Crippen molar-refractivity contribution in [1.82, 2.24) is 10.3 Å². The molecule has 5 nitrogen and oxygen atoms in total. The zero-order valence-electron chi connectivity index (χ0n) is 12.9. The molecule has 1 aromatic carbocycles. The number of aliphatic hydroxyl groups is 1. The van der Waals surface area contributed by atoms with E-state index >= 15 is 0 Å². The van der Waals surface area contributed by atoms with Crippen LogP contribution in [0.5, 0.6) is 5.75 Å². The first kappa shape index (κ1) is 16.3. The van der Waals surface area contributed by atoms with Gasteiger partial charge in [0.05, 0.1) is 5.69 Å². The Morgan fingerprint density at radius 1 is 1.23 bits per heavy atom. The predicted octanol–water partition coefficient (Wildman–Crippen LogP) is 1.78. The van der Waals surface area contributed by atoms with Gasteiger partial charge in [0.1, 0.15) is 18.5 Å². The largest absolute Gasteiger partial charge is 0.491 e. The number of aliphatic hydroxyl groups excluding tert-OH is 1. The summed E-state index contributed by atoms with van der Waals surface area (Å²) in [7, 11) is 0. The molecule has 0 bridgehead atoms. The number of H-pyrrole nitrogens is 1. The van der Waals surface area contributed by atoms with Gasteiger partial charge in [-0.25, -0.2) is 0 Å². The molecule has 1 unspecified atom stereocenters. The third-order valence-corrected chi connectivity index (χ3v) is 3.11. The SMILES string of the molecule is CC(C)NCC(O)COc1cc(-c2ccccc2)[nH]c(=O)c1. The van der Waals surface area contributed by atoms with Gasteiger partial charge in [0.2, 0.25) is 0 Å². The highest BCUT2D eigenvalue weighted by Crippen LogP contribution is 2.19. The smallest absolute Gasteiger partial charge is 0.252 e. The third-order valence-electron chi connectivity index (χ3n) is 3.11. The van der Waals surface area contributed by atoms with Gasteiger partial charge in [0, 0.05) is 24.7 Å². The molecule has 0 radical (unpaired) electrons. The molecule has 3 N–H and O–H groups in total. The Hall–Kier alpha value is -2.11. The highest BCUT2D eigenvalue weighted by molar-refractivity contribution is 5.60. The lowest BCUT2D eigenvalue weighted by Gasteiger charge is -2.15. The van der Waals surface area contributed by atoms with Crippen molar-refractivity contribution in [2.75, 3.05) is 13.2 Å². The maximum Gasteiger partial charge on any atom is 0.252 e. The summed E-state index contributed by atoms with van der Waals surface area (Å²) >= 11 is 0. The zero-order valence-corrected chi connectivity index (χ0v) is 12.9. The molecule has 0 aliphatic rings. The summed E-state index contributed by atoms with van der Waals surface area (Å²) in [5.74, 6) is 0.450. The Labute approximate surface area is 130 Å². The molecule has 22 heavy (non-hydrogen) atoms. The fraction of sp³-hybridized carbons (Fsp3) is 0.353. The van der Waals surface area contributed by atoms with E-state index in [0.29, 0.717) is 24.0 Å². The number of hydrogen-bond acceptors (Lipinski definition) is 4. The molecule has 0 spiro atoms. The molecule has 5 heteroatoms. The maximum atomic E-state index is 11.7. The summed E-state index contributed by atoms with van der Waals surface area (Å²) in [5.41, 5.74) is 1.37. The molecule has 1 aromatic heterocycles. The molecular formula is C17H22N2O3. The van der Waals surface area contributed by atoms with Gasteiger partial charge in [-0.15, -0.1) is 0 Å². The van der Waals surface area contributed by atoms with E-state index in [1.807, 2.05) is 44.2 Å². The van der Waals surface area contributed by atoms with Crippen LogP contribution >= 0.6 is 0 Å².